The smallest absolute Gasteiger partial charge is 0.0614 e. The average Bonchev–Trinajstić information content (AvgIpc) is 2.24. The molecule has 0 radical (unpaired) electrons. The normalized spacial score (nSPS) is 28.1. The summed E-state index contributed by atoms with van der Waals surface area (Å²) in [6.07, 6.45) is 3.68. The third-order valence-electron chi connectivity index (χ3n) is 3.63. The van der Waals surface area contributed by atoms with Crippen LogP contribution < -0.4 is 11.1 Å². The number of hydrogen-bond donors (Lipinski definition) is 2. The Kier molecular flexibility index (Phi) is 4.29. The predicted octanol–water partition coefficient (Wildman–Crippen LogP) is 4.81. The molecule has 0 heterocycles. The van der Waals surface area contributed by atoms with E-state index < -0.39 is 0 Å². The van der Waals surface area contributed by atoms with E-state index in [9.17, 15) is 0 Å². The van der Waals surface area contributed by atoms with Crippen molar-refractivity contribution in [2.45, 2.75) is 39.2 Å². The van der Waals surface area contributed by atoms with Crippen LogP contribution in [0.2, 0.25) is 10.0 Å². The van der Waals surface area contributed by atoms with Gasteiger partial charge in [-0.25, -0.2) is 0 Å². The first-order chi connectivity index (χ1) is 8.45. The van der Waals surface area contributed by atoms with Crippen LogP contribution in [-0.4, -0.2) is 6.04 Å². The predicted molar refractivity (Wildman–Crippen MR) is 80.5 cm³/mol. The third kappa shape index (κ3) is 3.24. The second-order valence-corrected chi connectivity index (χ2v) is 6.43. The Morgan fingerprint density at radius 1 is 1.06 bits per heavy atom. The number of nitrogens with one attached hydrogen (secondary N) is 1. The zero-order chi connectivity index (χ0) is 13.3. The minimum absolute atomic E-state index is 0.475. The van der Waals surface area contributed by atoms with Gasteiger partial charge in [-0.2, -0.15) is 0 Å². The lowest BCUT2D eigenvalue weighted by molar-refractivity contribution is 0.281. The Hall–Kier alpha value is -0.600. The molecule has 0 bridgehead atoms. The van der Waals surface area contributed by atoms with Crippen LogP contribution in [0.1, 0.15) is 33.1 Å². The van der Waals surface area contributed by atoms with E-state index in [0.717, 1.165) is 17.5 Å². The molecular weight excluding hydrogens is 267 g/mol. The standard InChI is InChI=1S/C14H20Cl2N2/c1-8-3-9(2)5-10(4-8)18-14-7-12(16)11(15)6-13(14)17/h6-10,18H,3-5,17H2,1-2H3. The van der Waals surface area contributed by atoms with E-state index in [-0.39, 0.29) is 0 Å². The van der Waals surface area contributed by atoms with Crippen LogP contribution in [0.4, 0.5) is 11.4 Å². The maximum absolute atomic E-state index is 6.03. The zero-order valence-electron chi connectivity index (χ0n) is 10.8. The first kappa shape index (κ1) is 13.8. The molecule has 2 rings (SSSR count). The average molecular weight is 287 g/mol. The van der Waals surface area contributed by atoms with E-state index in [0.29, 0.717) is 21.8 Å². The number of nitrogen functional groups attached to an aromatic ring is 1. The van der Waals surface area contributed by atoms with Gasteiger partial charge in [0.1, 0.15) is 0 Å². The summed E-state index contributed by atoms with van der Waals surface area (Å²) < 4.78 is 0. The SMILES string of the molecule is CC1CC(C)CC(Nc2cc(Cl)c(Cl)cc2N)C1. The van der Waals surface area contributed by atoms with Crippen LogP contribution >= 0.6 is 23.2 Å². The van der Waals surface area contributed by atoms with Crippen molar-refractivity contribution in [3.05, 3.63) is 22.2 Å². The van der Waals surface area contributed by atoms with Gasteiger partial charge in [0, 0.05) is 6.04 Å². The molecule has 0 spiro atoms. The van der Waals surface area contributed by atoms with E-state index in [4.69, 9.17) is 28.9 Å². The zero-order valence-corrected chi connectivity index (χ0v) is 12.4. The van der Waals surface area contributed by atoms with Gasteiger partial charge in [0.2, 0.25) is 0 Å². The number of anilines is 2. The van der Waals surface area contributed by atoms with Crippen LogP contribution in [0.3, 0.4) is 0 Å². The fraction of sp³-hybridized carbons (Fsp3) is 0.571. The van der Waals surface area contributed by atoms with E-state index in [1.54, 1.807) is 6.07 Å². The molecule has 1 fully saturated rings. The molecule has 2 atom stereocenters. The first-order valence-corrected chi connectivity index (χ1v) is 7.22. The topological polar surface area (TPSA) is 38.0 Å². The highest BCUT2D eigenvalue weighted by Gasteiger charge is 2.24. The lowest BCUT2D eigenvalue weighted by atomic mass is 9.80. The van der Waals surface area contributed by atoms with Crippen molar-refractivity contribution in [1.29, 1.82) is 0 Å². The molecule has 0 aliphatic heterocycles. The van der Waals surface area contributed by atoms with Crippen molar-refractivity contribution in [3.8, 4) is 0 Å². The van der Waals surface area contributed by atoms with E-state index in [1.165, 1.54) is 19.3 Å². The number of halogens is 2. The van der Waals surface area contributed by atoms with Crippen molar-refractivity contribution >= 4 is 34.6 Å². The Morgan fingerprint density at radius 3 is 2.22 bits per heavy atom. The molecule has 1 aromatic carbocycles. The Labute approximate surface area is 119 Å². The van der Waals surface area contributed by atoms with Gasteiger partial charge in [-0.3, -0.25) is 0 Å². The molecule has 1 aliphatic rings. The van der Waals surface area contributed by atoms with Crippen LogP contribution in [0.15, 0.2) is 12.1 Å². The third-order valence-corrected chi connectivity index (χ3v) is 4.35. The fourth-order valence-electron chi connectivity index (χ4n) is 2.97. The second-order valence-electron chi connectivity index (χ2n) is 5.61. The summed E-state index contributed by atoms with van der Waals surface area (Å²) in [6.45, 7) is 4.62. The summed E-state index contributed by atoms with van der Waals surface area (Å²) in [5.41, 5.74) is 7.53. The van der Waals surface area contributed by atoms with Crippen molar-refractivity contribution in [2.75, 3.05) is 11.1 Å². The van der Waals surface area contributed by atoms with Gasteiger partial charge in [0.15, 0.2) is 0 Å². The van der Waals surface area contributed by atoms with Gasteiger partial charge >= 0.3 is 0 Å². The molecule has 18 heavy (non-hydrogen) atoms. The van der Waals surface area contributed by atoms with Crippen molar-refractivity contribution < 1.29 is 0 Å². The summed E-state index contributed by atoms with van der Waals surface area (Å²) in [4.78, 5) is 0. The van der Waals surface area contributed by atoms with Gasteiger partial charge in [0.25, 0.3) is 0 Å². The molecule has 0 saturated heterocycles. The molecule has 4 heteroatoms. The maximum atomic E-state index is 6.03. The summed E-state index contributed by atoms with van der Waals surface area (Å²) >= 11 is 12.0. The van der Waals surface area contributed by atoms with Crippen molar-refractivity contribution in [2.24, 2.45) is 11.8 Å². The lowest BCUT2D eigenvalue weighted by Gasteiger charge is -2.33. The Morgan fingerprint density at radius 2 is 1.61 bits per heavy atom. The van der Waals surface area contributed by atoms with Gasteiger partial charge in [-0.1, -0.05) is 37.0 Å². The second kappa shape index (κ2) is 5.58. The molecule has 1 aliphatic carbocycles. The molecule has 1 saturated carbocycles. The van der Waals surface area contributed by atoms with Crippen molar-refractivity contribution in [3.63, 3.8) is 0 Å². The summed E-state index contributed by atoms with van der Waals surface area (Å²) in [6, 6.07) is 4.01. The van der Waals surface area contributed by atoms with Crippen LogP contribution in [0, 0.1) is 11.8 Å². The highest BCUT2D eigenvalue weighted by Crippen LogP contribution is 2.34. The van der Waals surface area contributed by atoms with E-state index in [1.807, 2.05) is 6.07 Å². The lowest BCUT2D eigenvalue weighted by Crippen LogP contribution is -2.30. The first-order valence-electron chi connectivity index (χ1n) is 6.46. The fourth-order valence-corrected chi connectivity index (χ4v) is 3.31. The number of hydrogen-bond acceptors (Lipinski definition) is 2. The molecule has 0 amide bonds. The van der Waals surface area contributed by atoms with E-state index >= 15 is 0 Å². The number of benzene rings is 1. The molecule has 0 aromatic heterocycles. The number of nitrogens with two attached hydrogens (primary N) is 1. The van der Waals surface area contributed by atoms with Gasteiger partial charge in [-0.05, 0) is 43.2 Å². The minimum Gasteiger partial charge on any atom is -0.397 e. The Bertz CT molecular complexity index is 424. The molecule has 3 N–H and O–H groups in total. The quantitative estimate of drug-likeness (QED) is 0.766. The molecular formula is C14H20Cl2N2. The summed E-state index contributed by atoms with van der Waals surface area (Å²) in [5, 5.41) is 4.56. The van der Waals surface area contributed by atoms with Crippen LogP contribution in [0.5, 0.6) is 0 Å². The van der Waals surface area contributed by atoms with Crippen LogP contribution in [0.25, 0.3) is 0 Å². The van der Waals surface area contributed by atoms with E-state index in [2.05, 4.69) is 19.2 Å². The highest BCUT2D eigenvalue weighted by molar-refractivity contribution is 6.42. The van der Waals surface area contributed by atoms with Crippen LogP contribution in [-0.2, 0) is 0 Å². The van der Waals surface area contributed by atoms with Gasteiger partial charge < -0.3 is 11.1 Å². The maximum Gasteiger partial charge on any atom is 0.0614 e. The molecule has 2 nitrogen and oxygen atoms in total. The van der Waals surface area contributed by atoms with Gasteiger partial charge in [0.05, 0.1) is 21.4 Å². The van der Waals surface area contributed by atoms with Crippen molar-refractivity contribution in [1.82, 2.24) is 0 Å². The molecule has 100 valence electrons. The summed E-state index contributed by atoms with van der Waals surface area (Å²) in [5.74, 6) is 1.52. The monoisotopic (exact) mass is 286 g/mol. The molecule has 2 unspecified atom stereocenters. The largest absolute Gasteiger partial charge is 0.397 e. The number of rotatable bonds is 2. The minimum atomic E-state index is 0.475. The summed E-state index contributed by atoms with van der Waals surface area (Å²) in [7, 11) is 0. The molecule has 1 aromatic rings. The Balaban J connectivity index is 2.11. The van der Waals surface area contributed by atoms with Gasteiger partial charge in [-0.15, -0.1) is 0 Å². The highest BCUT2D eigenvalue weighted by atomic mass is 35.5.